The Hall–Kier alpha value is -1.81. The van der Waals surface area contributed by atoms with Crippen molar-refractivity contribution in [3.05, 3.63) is 58.6 Å². The maximum absolute atomic E-state index is 12.3. The molecule has 2 aromatic carbocycles. The number of benzene rings is 2. The summed E-state index contributed by atoms with van der Waals surface area (Å²) in [5.41, 5.74) is 2.66. The van der Waals surface area contributed by atoms with Gasteiger partial charge in [-0.05, 0) is 65.2 Å². The summed E-state index contributed by atoms with van der Waals surface area (Å²) in [5, 5.41) is 2.92. The Balaban J connectivity index is 1.71. The van der Waals surface area contributed by atoms with Crippen LogP contribution >= 0.6 is 15.9 Å². The summed E-state index contributed by atoms with van der Waals surface area (Å²) in [4.78, 5) is 14.6. The van der Waals surface area contributed by atoms with E-state index in [9.17, 15) is 4.79 Å². The van der Waals surface area contributed by atoms with Gasteiger partial charge in [-0.3, -0.25) is 4.79 Å². The number of nitrogens with one attached hydrogen (secondary N) is 1. The molecule has 1 amide bonds. The molecule has 1 fully saturated rings. The molecule has 0 bridgehead atoms. The quantitative estimate of drug-likeness (QED) is 0.900. The minimum Gasteiger partial charge on any atom is -0.372 e. The summed E-state index contributed by atoms with van der Waals surface area (Å²) in [6.07, 6.45) is 2.51. The SMILES string of the molecule is O=C(Nc1ccccc1Br)c1ccc(N2CCCC2)cc1. The highest BCUT2D eigenvalue weighted by atomic mass is 79.9. The molecule has 0 aromatic heterocycles. The molecule has 0 saturated carbocycles. The van der Waals surface area contributed by atoms with Crippen molar-refractivity contribution >= 4 is 33.2 Å². The second kappa shape index (κ2) is 6.31. The number of carbonyl (C=O) groups is 1. The van der Waals surface area contributed by atoms with Crippen molar-refractivity contribution < 1.29 is 4.79 Å². The number of nitrogens with zero attached hydrogens (tertiary/aromatic N) is 1. The first-order valence-electron chi connectivity index (χ1n) is 7.15. The summed E-state index contributed by atoms with van der Waals surface area (Å²) in [7, 11) is 0. The smallest absolute Gasteiger partial charge is 0.255 e. The summed E-state index contributed by atoms with van der Waals surface area (Å²) in [5.74, 6) is -0.0881. The molecule has 108 valence electrons. The zero-order valence-electron chi connectivity index (χ0n) is 11.7. The van der Waals surface area contributed by atoms with E-state index in [-0.39, 0.29) is 5.91 Å². The number of hydrogen-bond acceptors (Lipinski definition) is 2. The molecule has 0 aliphatic carbocycles. The van der Waals surface area contributed by atoms with Crippen LogP contribution in [-0.4, -0.2) is 19.0 Å². The van der Waals surface area contributed by atoms with Gasteiger partial charge in [-0.15, -0.1) is 0 Å². The van der Waals surface area contributed by atoms with E-state index in [1.165, 1.54) is 18.5 Å². The monoisotopic (exact) mass is 344 g/mol. The molecule has 21 heavy (non-hydrogen) atoms. The predicted octanol–water partition coefficient (Wildman–Crippen LogP) is 4.30. The normalized spacial score (nSPS) is 14.2. The van der Waals surface area contributed by atoms with Crippen LogP contribution in [0.1, 0.15) is 23.2 Å². The Morgan fingerprint density at radius 1 is 1.00 bits per heavy atom. The van der Waals surface area contributed by atoms with Crippen molar-refractivity contribution in [3.63, 3.8) is 0 Å². The molecule has 1 aliphatic heterocycles. The second-order valence-electron chi connectivity index (χ2n) is 5.17. The minimum atomic E-state index is -0.0881. The van der Waals surface area contributed by atoms with Crippen LogP contribution < -0.4 is 10.2 Å². The van der Waals surface area contributed by atoms with E-state index < -0.39 is 0 Å². The second-order valence-corrected chi connectivity index (χ2v) is 6.03. The number of rotatable bonds is 3. The van der Waals surface area contributed by atoms with Gasteiger partial charge >= 0.3 is 0 Å². The molecule has 2 aromatic rings. The topological polar surface area (TPSA) is 32.3 Å². The van der Waals surface area contributed by atoms with E-state index >= 15 is 0 Å². The molecule has 1 saturated heterocycles. The Bertz CT molecular complexity index is 633. The zero-order valence-corrected chi connectivity index (χ0v) is 13.3. The van der Waals surface area contributed by atoms with Gasteiger partial charge in [-0.25, -0.2) is 0 Å². The number of para-hydroxylation sites is 1. The van der Waals surface area contributed by atoms with Gasteiger partial charge in [-0.2, -0.15) is 0 Å². The van der Waals surface area contributed by atoms with Gasteiger partial charge in [0.1, 0.15) is 0 Å². The Morgan fingerprint density at radius 3 is 2.33 bits per heavy atom. The minimum absolute atomic E-state index is 0.0881. The van der Waals surface area contributed by atoms with Crippen molar-refractivity contribution in [1.29, 1.82) is 0 Å². The largest absolute Gasteiger partial charge is 0.372 e. The Morgan fingerprint density at radius 2 is 1.67 bits per heavy atom. The van der Waals surface area contributed by atoms with E-state index in [0.29, 0.717) is 5.56 Å². The van der Waals surface area contributed by atoms with Crippen molar-refractivity contribution in [3.8, 4) is 0 Å². The highest BCUT2D eigenvalue weighted by Gasteiger charge is 2.13. The summed E-state index contributed by atoms with van der Waals surface area (Å²) in [6, 6.07) is 15.4. The fourth-order valence-corrected chi connectivity index (χ4v) is 2.94. The van der Waals surface area contributed by atoms with Crippen LogP contribution in [0, 0.1) is 0 Å². The molecule has 0 unspecified atom stereocenters. The van der Waals surface area contributed by atoms with Crippen LogP contribution in [-0.2, 0) is 0 Å². The van der Waals surface area contributed by atoms with E-state index in [0.717, 1.165) is 23.2 Å². The lowest BCUT2D eigenvalue weighted by molar-refractivity contribution is 0.102. The van der Waals surface area contributed by atoms with E-state index in [4.69, 9.17) is 0 Å². The molecular formula is C17H17BrN2O. The van der Waals surface area contributed by atoms with Gasteiger partial charge < -0.3 is 10.2 Å². The van der Waals surface area contributed by atoms with Crippen LogP contribution in [0.4, 0.5) is 11.4 Å². The Labute approximate surface area is 133 Å². The van der Waals surface area contributed by atoms with E-state index in [1.54, 1.807) is 0 Å². The predicted molar refractivity (Wildman–Crippen MR) is 90.0 cm³/mol. The van der Waals surface area contributed by atoms with Crippen molar-refractivity contribution in [1.82, 2.24) is 0 Å². The number of carbonyl (C=O) groups excluding carboxylic acids is 1. The molecule has 0 atom stereocenters. The van der Waals surface area contributed by atoms with E-state index in [2.05, 4.69) is 26.1 Å². The van der Waals surface area contributed by atoms with Crippen LogP contribution in [0.5, 0.6) is 0 Å². The molecular weight excluding hydrogens is 328 g/mol. The maximum atomic E-state index is 12.3. The lowest BCUT2D eigenvalue weighted by Gasteiger charge is -2.17. The maximum Gasteiger partial charge on any atom is 0.255 e. The molecule has 1 N–H and O–H groups in total. The summed E-state index contributed by atoms with van der Waals surface area (Å²) < 4.78 is 0.882. The molecule has 3 nitrogen and oxygen atoms in total. The molecule has 4 heteroatoms. The van der Waals surface area contributed by atoms with Crippen LogP contribution in [0.25, 0.3) is 0 Å². The summed E-state index contributed by atoms with van der Waals surface area (Å²) >= 11 is 3.43. The molecule has 0 radical (unpaired) electrons. The number of halogens is 1. The fourth-order valence-electron chi connectivity index (χ4n) is 2.56. The average molecular weight is 345 g/mol. The highest BCUT2D eigenvalue weighted by molar-refractivity contribution is 9.10. The van der Waals surface area contributed by atoms with Gasteiger partial charge in [0, 0.05) is 28.8 Å². The van der Waals surface area contributed by atoms with Crippen molar-refractivity contribution in [2.75, 3.05) is 23.3 Å². The fraction of sp³-hybridized carbons (Fsp3) is 0.235. The van der Waals surface area contributed by atoms with Crippen molar-refractivity contribution in [2.24, 2.45) is 0 Å². The summed E-state index contributed by atoms with van der Waals surface area (Å²) in [6.45, 7) is 2.23. The number of amides is 1. The highest BCUT2D eigenvalue weighted by Crippen LogP contribution is 2.23. The first-order valence-corrected chi connectivity index (χ1v) is 7.94. The molecule has 1 aliphatic rings. The third-order valence-electron chi connectivity index (χ3n) is 3.72. The molecule has 3 rings (SSSR count). The third kappa shape index (κ3) is 3.27. The first-order chi connectivity index (χ1) is 10.2. The Kier molecular flexibility index (Phi) is 4.25. The third-order valence-corrected chi connectivity index (χ3v) is 4.41. The van der Waals surface area contributed by atoms with Gasteiger partial charge in [0.05, 0.1) is 5.69 Å². The lowest BCUT2D eigenvalue weighted by atomic mass is 10.2. The zero-order chi connectivity index (χ0) is 14.7. The van der Waals surface area contributed by atoms with E-state index in [1.807, 2.05) is 48.5 Å². The van der Waals surface area contributed by atoms with Gasteiger partial charge in [0.25, 0.3) is 5.91 Å². The average Bonchev–Trinajstić information content (AvgIpc) is 3.04. The van der Waals surface area contributed by atoms with Gasteiger partial charge in [0.15, 0.2) is 0 Å². The van der Waals surface area contributed by atoms with Gasteiger partial charge in [-0.1, -0.05) is 12.1 Å². The number of hydrogen-bond donors (Lipinski definition) is 1. The molecule has 0 spiro atoms. The molecule has 1 heterocycles. The number of anilines is 2. The first kappa shape index (κ1) is 14.1. The van der Waals surface area contributed by atoms with Crippen molar-refractivity contribution in [2.45, 2.75) is 12.8 Å². The van der Waals surface area contributed by atoms with Gasteiger partial charge in [0.2, 0.25) is 0 Å². The van der Waals surface area contributed by atoms with Crippen LogP contribution in [0.15, 0.2) is 53.0 Å². The standard InChI is InChI=1S/C17H17BrN2O/c18-15-5-1-2-6-16(15)19-17(21)13-7-9-14(10-8-13)20-11-3-4-12-20/h1-2,5-10H,3-4,11-12H2,(H,19,21). The lowest BCUT2D eigenvalue weighted by Crippen LogP contribution is -2.18. The van der Waals surface area contributed by atoms with Crippen LogP contribution in [0.2, 0.25) is 0 Å². The van der Waals surface area contributed by atoms with Crippen LogP contribution in [0.3, 0.4) is 0 Å².